The maximum absolute atomic E-state index is 14.3. The molecule has 4 rings (SSSR count). The number of hydrogen-bond donors (Lipinski definition) is 1. The number of nitriles is 1. The number of nitrogens with one attached hydrogen (secondary N) is 1. The van der Waals surface area contributed by atoms with Gasteiger partial charge in [-0.25, -0.2) is 19.6 Å². The van der Waals surface area contributed by atoms with Crippen LogP contribution in [0.1, 0.15) is 91.7 Å². The molecule has 6 atom stereocenters. The standard InChI is InChI=1S/C39H57N7O12P2/c1-25(2)37(48)52-23-55-60(50,56-24-53-38(49)39(7,8)9)20-17-29-31(58-59(54-19-14-18-40)46(26(3)4)27(5)6)32(51-10)36(57-29)45-22-43-30-33(41-21-42-34(30)45)44-35(47)28-15-12-11-13-16-28/h11-13,15-16,21-22,25-27,29,31-32,36H,14,17,19-20,23-24H2,1-10H3,(H,41,42,44,47)/t29-,31-,32-,36-,59?,60?/m1/s1. The highest BCUT2D eigenvalue weighted by Crippen LogP contribution is 2.53. The summed E-state index contributed by atoms with van der Waals surface area (Å²) in [7, 11) is -4.53. The number of amides is 1. The highest BCUT2D eigenvalue weighted by Gasteiger charge is 2.50. The lowest BCUT2D eigenvalue weighted by atomic mass is 9.98. The zero-order valence-corrected chi connectivity index (χ0v) is 37.6. The molecule has 2 unspecified atom stereocenters. The second-order valence-corrected chi connectivity index (χ2v) is 19.3. The van der Waals surface area contributed by atoms with Crippen LogP contribution in [0, 0.1) is 22.7 Å². The fraction of sp³-hybridized carbons (Fsp3) is 0.615. The van der Waals surface area contributed by atoms with Crippen LogP contribution in [-0.2, 0) is 51.2 Å². The van der Waals surface area contributed by atoms with E-state index in [0.717, 1.165) is 0 Å². The van der Waals surface area contributed by atoms with Gasteiger partial charge in [0.05, 0.1) is 49.0 Å². The minimum Gasteiger partial charge on any atom is -0.438 e. The fourth-order valence-corrected chi connectivity index (χ4v) is 9.10. The van der Waals surface area contributed by atoms with Gasteiger partial charge in [-0.05, 0) is 67.0 Å². The van der Waals surface area contributed by atoms with E-state index in [1.165, 1.54) is 19.8 Å². The van der Waals surface area contributed by atoms with Crippen LogP contribution in [0.4, 0.5) is 5.82 Å². The molecule has 60 heavy (non-hydrogen) atoms. The van der Waals surface area contributed by atoms with Gasteiger partial charge in [0, 0.05) is 24.8 Å². The normalized spacial score (nSPS) is 19.8. The van der Waals surface area contributed by atoms with Gasteiger partial charge < -0.3 is 33.3 Å². The van der Waals surface area contributed by atoms with E-state index in [1.54, 1.807) is 69.5 Å². The smallest absolute Gasteiger partial charge is 0.336 e. The lowest BCUT2D eigenvalue weighted by Crippen LogP contribution is -2.40. The molecule has 0 bridgehead atoms. The first-order valence-corrected chi connectivity index (χ1v) is 22.5. The summed E-state index contributed by atoms with van der Waals surface area (Å²) in [6.45, 7) is 15.0. The minimum absolute atomic E-state index is 0.0334. The van der Waals surface area contributed by atoms with Crippen LogP contribution >= 0.6 is 16.1 Å². The zero-order chi connectivity index (χ0) is 44.2. The molecule has 1 saturated heterocycles. The number of fused-ring (bicyclic) bond motifs is 1. The van der Waals surface area contributed by atoms with Crippen LogP contribution in [0.15, 0.2) is 43.0 Å². The van der Waals surface area contributed by atoms with Crippen LogP contribution in [0.25, 0.3) is 11.2 Å². The number of nitrogens with zero attached hydrogens (tertiary/aromatic N) is 6. The highest BCUT2D eigenvalue weighted by molar-refractivity contribution is 7.53. The lowest BCUT2D eigenvalue weighted by Gasteiger charge is -2.38. The largest absolute Gasteiger partial charge is 0.438 e. The number of carbonyl (C=O) groups excluding carboxylic acids is 3. The fourth-order valence-electron chi connectivity index (χ4n) is 6.00. The molecule has 21 heteroatoms. The minimum atomic E-state index is -4.18. The number of hydrogen-bond acceptors (Lipinski definition) is 17. The number of esters is 2. The topological polar surface area (TPSA) is 225 Å². The van der Waals surface area contributed by atoms with Gasteiger partial charge in [-0.2, -0.15) is 5.26 Å². The van der Waals surface area contributed by atoms with Crippen molar-refractivity contribution in [2.45, 2.75) is 112 Å². The number of imidazole rings is 1. The van der Waals surface area contributed by atoms with Crippen LogP contribution in [-0.4, -0.2) is 106 Å². The van der Waals surface area contributed by atoms with Crippen LogP contribution in [0.5, 0.6) is 0 Å². The molecule has 0 aliphatic carbocycles. The van der Waals surface area contributed by atoms with Crippen molar-refractivity contribution in [2.24, 2.45) is 11.3 Å². The van der Waals surface area contributed by atoms with Crippen molar-refractivity contribution in [3.63, 3.8) is 0 Å². The quantitative estimate of drug-likeness (QED) is 0.0465. The summed E-state index contributed by atoms with van der Waals surface area (Å²) >= 11 is 0. The van der Waals surface area contributed by atoms with Crippen molar-refractivity contribution in [1.29, 1.82) is 5.26 Å². The number of benzene rings is 1. The Morgan fingerprint density at radius 2 is 1.67 bits per heavy atom. The van der Waals surface area contributed by atoms with Crippen molar-refractivity contribution in [2.75, 3.05) is 38.8 Å². The summed E-state index contributed by atoms with van der Waals surface area (Å²) in [6, 6.07) is 10.7. The van der Waals surface area contributed by atoms with Gasteiger partial charge in [-0.1, -0.05) is 32.0 Å². The Morgan fingerprint density at radius 1 is 1.00 bits per heavy atom. The Morgan fingerprint density at radius 3 is 2.27 bits per heavy atom. The molecule has 1 aliphatic heterocycles. The Kier molecular flexibility index (Phi) is 18.1. The van der Waals surface area contributed by atoms with E-state index >= 15 is 0 Å². The Bertz CT molecular complexity index is 1960. The molecular weight excluding hydrogens is 820 g/mol. The average Bonchev–Trinajstić information content (AvgIpc) is 3.78. The van der Waals surface area contributed by atoms with E-state index in [0.29, 0.717) is 11.2 Å². The van der Waals surface area contributed by atoms with Gasteiger partial charge in [-0.15, -0.1) is 0 Å². The van der Waals surface area contributed by atoms with Gasteiger partial charge in [0.15, 0.2) is 23.2 Å². The summed E-state index contributed by atoms with van der Waals surface area (Å²) in [4.78, 5) is 51.1. The molecule has 3 aromatic rings. The first-order valence-electron chi connectivity index (χ1n) is 19.6. The lowest BCUT2D eigenvalue weighted by molar-refractivity contribution is -0.160. The van der Waals surface area contributed by atoms with E-state index < -0.39 is 83.4 Å². The predicted molar refractivity (Wildman–Crippen MR) is 220 cm³/mol. The number of carbonyl (C=O) groups is 3. The van der Waals surface area contributed by atoms with Gasteiger partial charge in [0.2, 0.25) is 13.6 Å². The van der Waals surface area contributed by atoms with E-state index in [-0.39, 0.29) is 49.0 Å². The molecule has 19 nitrogen and oxygen atoms in total. The zero-order valence-electron chi connectivity index (χ0n) is 35.8. The first kappa shape index (κ1) is 48.7. The van der Waals surface area contributed by atoms with Crippen molar-refractivity contribution in [3.05, 3.63) is 48.5 Å². The SMILES string of the molecule is CO[C@@H]1[C@H](OP(OCCC#N)N(C(C)C)C(C)C)[C@@H](CCP(=O)(OCOC(=O)C(C)C)OCOC(=O)C(C)(C)C)O[C@H]1n1cnc2c(NC(=O)c3ccccc3)ncnc21. The van der Waals surface area contributed by atoms with Gasteiger partial charge in [0.1, 0.15) is 18.5 Å². The second-order valence-electron chi connectivity index (χ2n) is 15.7. The molecule has 1 amide bonds. The molecule has 1 N–H and O–H groups in total. The first-order chi connectivity index (χ1) is 28.4. The number of rotatable bonds is 22. The molecule has 1 aromatic carbocycles. The van der Waals surface area contributed by atoms with E-state index in [1.807, 2.05) is 27.7 Å². The molecular formula is C39H57N7O12P2. The van der Waals surface area contributed by atoms with Gasteiger partial charge in [0.25, 0.3) is 14.4 Å². The van der Waals surface area contributed by atoms with E-state index in [4.69, 9.17) is 37.0 Å². The number of ether oxygens (including phenoxy) is 4. The van der Waals surface area contributed by atoms with Crippen LogP contribution < -0.4 is 5.32 Å². The molecule has 1 fully saturated rings. The van der Waals surface area contributed by atoms with Crippen molar-refractivity contribution in [1.82, 2.24) is 24.2 Å². The summed E-state index contributed by atoms with van der Waals surface area (Å²) in [6.07, 6.45) is -1.06. The number of anilines is 1. The Labute approximate surface area is 352 Å². The molecule has 330 valence electrons. The Hall–Kier alpha value is -3.95. The second kappa shape index (κ2) is 22.2. The third-order valence-electron chi connectivity index (χ3n) is 8.99. The van der Waals surface area contributed by atoms with Crippen molar-refractivity contribution < 1.29 is 56.0 Å². The average molecular weight is 878 g/mol. The molecule has 2 aromatic heterocycles. The van der Waals surface area contributed by atoms with Crippen molar-refractivity contribution in [3.8, 4) is 6.07 Å². The van der Waals surface area contributed by atoms with E-state index in [2.05, 4.69) is 31.0 Å². The summed E-state index contributed by atoms with van der Waals surface area (Å²) in [5, 5.41) is 12.1. The van der Waals surface area contributed by atoms with Crippen LogP contribution in [0.2, 0.25) is 0 Å². The molecule has 0 radical (unpaired) electrons. The van der Waals surface area contributed by atoms with Gasteiger partial charge >= 0.3 is 19.5 Å². The molecule has 3 heterocycles. The van der Waals surface area contributed by atoms with E-state index in [9.17, 15) is 24.2 Å². The number of aromatic nitrogens is 4. The highest BCUT2D eigenvalue weighted by atomic mass is 31.2. The third kappa shape index (κ3) is 13.0. The third-order valence-corrected chi connectivity index (χ3v) is 12.9. The van der Waals surface area contributed by atoms with Gasteiger partial charge in [-0.3, -0.25) is 32.6 Å². The summed E-state index contributed by atoms with van der Waals surface area (Å²) in [5.41, 5.74) is 0.146. The molecule has 0 saturated carbocycles. The maximum atomic E-state index is 14.3. The summed E-state index contributed by atoms with van der Waals surface area (Å²) in [5.74, 6) is -1.87. The summed E-state index contributed by atoms with van der Waals surface area (Å²) < 4.78 is 65.5. The molecule has 0 spiro atoms. The molecule has 1 aliphatic rings. The Balaban J connectivity index is 1.71. The van der Waals surface area contributed by atoms with Crippen LogP contribution in [0.3, 0.4) is 0 Å². The maximum Gasteiger partial charge on any atom is 0.336 e. The monoisotopic (exact) mass is 877 g/mol. The predicted octanol–water partition coefficient (Wildman–Crippen LogP) is 6.97. The van der Waals surface area contributed by atoms with Crippen molar-refractivity contribution >= 4 is 50.9 Å². The number of methoxy groups -OCH3 is 1.